The van der Waals surface area contributed by atoms with E-state index in [4.69, 9.17) is 15.3 Å². The molecule has 17 heteroatoms. The summed E-state index contributed by atoms with van der Waals surface area (Å²) in [7, 11) is 4.04. The molecule has 3 aliphatic carbocycles. The fraction of sp³-hybridized carbons (Fsp3) is 0.517. The first-order valence-corrected chi connectivity index (χ1v) is 14.3. The molecule has 0 bridgehead atoms. The van der Waals surface area contributed by atoms with E-state index in [1.54, 1.807) is 6.92 Å². The predicted octanol–water partition coefficient (Wildman–Crippen LogP) is -2.62. The predicted molar refractivity (Wildman–Crippen MR) is 154 cm³/mol. The summed E-state index contributed by atoms with van der Waals surface area (Å²) in [6.07, 6.45) is -5.49. The minimum Gasteiger partial charge on any atom is -0.508 e. The highest BCUT2D eigenvalue weighted by Crippen LogP contribution is 2.56. The van der Waals surface area contributed by atoms with Gasteiger partial charge in [-0.2, -0.15) is 0 Å². The molecule has 0 spiro atoms. The number of nitrogens with one attached hydrogen (secondary N) is 1. The number of phenols is 1. The number of hydroxylamine groups is 2. The lowest BCUT2D eigenvalue weighted by Gasteiger charge is -2.53. The molecule has 5 rings (SSSR count). The minimum atomic E-state index is -3.06. The van der Waals surface area contributed by atoms with Gasteiger partial charge in [0.1, 0.15) is 41.6 Å². The first-order valence-electron chi connectivity index (χ1n) is 14.3. The van der Waals surface area contributed by atoms with Crippen LogP contribution in [-0.4, -0.2) is 140 Å². The van der Waals surface area contributed by atoms with Gasteiger partial charge in [0, 0.05) is 11.5 Å². The van der Waals surface area contributed by atoms with Gasteiger partial charge in [-0.3, -0.25) is 28.9 Å². The number of aliphatic hydroxyl groups is 6. The Morgan fingerprint density at radius 1 is 1.13 bits per heavy atom. The van der Waals surface area contributed by atoms with Crippen molar-refractivity contribution in [2.24, 2.45) is 17.6 Å². The van der Waals surface area contributed by atoms with Crippen LogP contribution in [0.3, 0.4) is 0 Å². The second-order valence-electron chi connectivity index (χ2n) is 12.1. The van der Waals surface area contributed by atoms with Gasteiger partial charge in [-0.15, -0.1) is 5.06 Å². The average Bonchev–Trinajstić information content (AvgIpc) is 3.31. The van der Waals surface area contributed by atoms with Crippen LogP contribution >= 0.6 is 0 Å². The number of fused-ring (bicyclic) bond motifs is 3. The number of ketones is 2. The highest BCUT2D eigenvalue weighted by molar-refractivity contribution is 6.24. The van der Waals surface area contributed by atoms with Gasteiger partial charge in [0.25, 0.3) is 5.91 Å². The molecule has 1 aromatic rings. The number of amides is 2. The summed E-state index contributed by atoms with van der Waals surface area (Å²) in [5, 5.41) is 80.4. The van der Waals surface area contributed by atoms with Crippen molar-refractivity contribution in [3.05, 3.63) is 40.2 Å². The van der Waals surface area contributed by atoms with Gasteiger partial charge in [0.05, 0.1) is 43.0 Å². The van der Waals surface area contributed by atoms with Crippen molar-refractivity contribution in [2.45, 2.75) is 49.0 Å². The Labute approximate surface area is 261 Å². The van der Waals surface area contributed by atoms with E-state index in [9.17, 15) is 54.9 Å². The maximum absolute atomic E-state index is 14.1. The number of primary amides is 1. The summed E-state index contributed by atoms with van der Waals surface area (Å²) in [5.41, 5.74) is 0.377. The number of rotatable bonds is 7. The number of aliphatic hydroxyl groups excluding tert-OH is 5. The number of carbonyl (C=O) groups is 4. The Morgan fingerprint density at radius 2 is 1.78 bits per heavy atom. The van der Waals surface area contributed by atoms with E-state index in [1.165, 1.54) is 38.2 Å². The molecule has 250 valence electrons. The van der Waals surface area contributed by atoms with Gasteiger partial charge >= 0.3 is 0 Å². The highest BCUT2D eigenvalue weighted by atomic mass is 16.7. The third-order valence-corrected chi connectivity index (χ3v) is 9.35. The molecule has 46 heavy (non-hydrogen) atoms. The Balaban J connectivity index is 1.56. The molecule has 1 aliphatic heterocycles. The number of hydrogen-bond acceptors (Lipinski definition) is 15. The maximum atomic E-state index is 14.1. The van der Waals surface area contributed by atoms with Crippen LogP contribution in [0.5, 0.6) is 5.75 Å². The van der Waals surface area contributed by atoms with Crippen LogP contribution in [0, 0.1) is 11.8 Å². The van der Waals surface area contributed by atoms with E-state index in [0.717, 1.165) is 5.06 Å². The molecular formula is C29H36N4O13. The summed E-state index contributed by atoms with van der Waals surface area (Å²) in [4.78, 5) is 58.9. The van der Waals surface area contributed by atoms with E-state index >= 15 is 0 Å². The number of ether oxygens (including phenoxy) is 1. The normalized spacial score (nSPS) is 34.1. The summed E-state index contributed by atoms with van der Waals surface area (Å²) in [6, 6.07) is 1.28. The third kappa shape index (κ3) is 4.70. The Bertz CT molecular complexity index is 1570. The summed E-state index contributed by atoms with van der Waals surface area (Å²) < 4.78 is 5.26. The highest BCUT2D eigenvalue weighted by Gasteiger charge is 2.68. The topological polar surface area (TPSA) is 273 Å². The molecule has 0 radical (unpaired) electrons. The van der Waals surface area contributed by atoms with Crippen molar-refractivity contribution in [3.8, 4) is 5.75 Å². The lowest BCUT2D eigenvalue weighted by molar-refractivity contribution is -0.239. The minimum absolute atomic E-state index is 0.196. The van der Waals surface area contributed by atoms with Crippen molar-refractivity contribution < 1.29 is 64.5 Å². The van der Waals surface area contributed by atoms with Gasteiger partial charge < -0.3 is 51.5 Å². The molecule has 9 atom stereocenters. The quantitative estimate of drug-likeness (QED) is 0.0831. The summed E-state index contributed by atoms with van der Waals surface area (Å²) >= 11 is 0. The number of aromatic hydroxyl groups is 1. The first-order chi connectivity index (χ1) is 21.5. The molecule has 2 amide bonds. The van der Waals surface area contributed by atoms with E-state index in [1.807, 2.05) is 0 Å². The number of Topliss-reactive ketones (excluding diaryl/α,β-unsaturated/α-hetero) is 2. The second kappa shape index (κ2) is 11.7. The number of likely N-dealkylation sites (N-methyl/N-ethyl adjacent to an activating group) is 1. The van der Waals surface area contributed by atoms with Crippen LogP contribution < -0.4 is 11.1 Å². The van der Waals surface area contributed by atoms with E-state index in [-0.39, 0.29) is 23.4 Å². The zero-order chi connectivity index (χ0) is 34.2. The standard InChI is InChI=1S/C29H36N4O13/c1-9-10-5-6-11(31-13(35)7-33(45-4)28-21(37)12(34)8-46-28)20(36)15(10)22(38)16-14(9)23(39)18-19(32(2)3)24(40)17(27(30)43)26(42)29(18,44)25(16)41/h5-6,9,12,14,18-19,21,23,28,34,36-39,42,44H,7-8H2,1-4H3,(H2,30,43)(H,31,35)/t9-,12-,14+,18+,19-,21-,23-,28?,29-/m0/s1. The van der Waals surface area contributed by atoms with Crippen LogP contribution in [0.1, 0.15) is 24.0 Å². The Hall–Kier alpha value is -3.94. The van der Waals surface area contributed by atoms with Gasteiger partial charge in [-0.25, -0.2) is 0 Å². The molecule has 1 heterocycles. The molecule has 2 fully saturated rings. The van der Waals surface area contributed by atoms with Gasteiger partial charge in [0.15, 0.2) is 17.6 Å². The maximum Gasteiger partial charge on any atom is 0.255 e. The molecule has 1 aromatic carbocycles. The largest absolute Gasteiger partial charge is 0.508 e. The number of phenolic OH excluding ortho intramolecular Hbond substituents is 1. The molecule has 1 saturated heterocycles. The monoisotopic (exact) mass is 648 g/mol. The van der Waals surface area contributed by atoms with Crippen molar-refractivity contribution >= 4 is 34.8 Å². The van der Waals surface area contributed by atoms with Gasteiger partial charge in [-0.1, -0.05) is 13.0 Å². The number of nitrogens with zero attached hydrogens (tertiary/aromatic N) is 2. The number of nitrogens with two attached hydrogens (primary N) is 1. The van der Waals surface area contributed by atoms with Crippen molar-refractivity contribution in [1.29, 1.82) is 0 Å². The van der Waals surface area contributed by atoms with Crippen molar-refractivity contribution in [1.82, 2.24) is 9.96 Å². The summed E-state index contributed by atoms with van der Waals surface area (Å²) in [5.74, 6) is -11.2. The van der Waals surface area contributed by atoms with E-state index in [0.29, 0.717) is 0 Å². The fourth-order valence-corrected chi connectivity index (χ4v) is 7.14. The van der Waals surface area contributed by atoms with Crippen LogP contribution in [0.25, 0.3) is 5.76 Å². The molecule has 1 unspecified atom stereocenters. The second-order valence-corrected chi connectivity index (χ2v) is 12.1. The first kappa shape index (κ1) is 33.4. The number of hydrogen-bond donors (Lipinski definition) is 9. The third-order valence-electron chi connectivity index (χ3n) is 9.35. The SMILES string of the molecule is CON(CC(=O)Nc1ccc2c(c1O)C(O)=C1C(=O)[C@]3(O)C(O)=C(C(N)=O)C(=O)[C@@H](N(C)C)[C@@H]3[C@@H](O)[C@@H]1[C@H]2C)C1OC[C@H](O)[C@@H]1O. The van der Waals surface area contributed by atoms with Crippen LogP contribution in [0.15, 0.2) is 29.0 Å². The van der Waals surface area contributed by atoms with E-state index < -0.39 is 112 Å². The van der Waals surface area contributed by atoms with Crippen LogP contribution in [0.4, 0.5) is 5.69 Å². The van der Waals surface area contributed by atoms with Crippen molar-refractivity contribution in [3.63, 3.8) is 0 Å². The number of anilines is 1. The smallest absolute Gasteiger partial charge is 0.255 e. The van der Waals surface area contributed by atoms with Crippen LogP contribution in [-0.2, 0) is 28.8 Å². The number of benzene rings is 1. The molecular weight excluding hydrogens is 612 g/mol. The lowest BCUT2D eigenvalue weighted by atomic mass is 9.54. The molecule has 0 aromatic heterocycles. The fourth-order valence-electron chi connectivity index (χ4n) is 7.14. The van der Waals surface area contributed by atoms with Crippen molar-refractivity contribution in [2.75, 3.05) is 39.7 Å². The Morgan fingerprint density at radius 3 is 2.33 bits per heavy atom. The molecule has 4 aliphatic rings. The molecule has 1 saturated carbocycles. The van der Waals surface area contributed by atoms with E-state index in [2.05, 4.69) is 5.32 Å². The summed E-state index contributed by atoms with van der Waals surface area (Å²) in [6.45, 7) is 0.844. The van der Waals surface area contributed by atoms with Crippen LogP contribution in [0.2, 0.25) is 0 Å². The average molecular weight is 649 g/mol. The Kier molecular flexibility index (Phi) is 8.50. The molecule has 17 nitrogen and oxygen atoms in total. The lowest BCUT2D eigenvalue weighted by Crippen LogP contribution is -2.70. The van der Waals surface area contributed by atoms with Gasteiger partial charge in [-0.05, 0) is 31.6 Å². The molecule has 10 N–H and O–H groups in total. The number of carbonyl (C=O) groups excluding carboxylic acids is 4. The zero-order valence-electron chi connectivity index (χ0n) is 25.2. The van der Waals surface area contributed by atoms with Gasteiger partial charge in [0.2, 0.25) is 11.7 Å². The zero-order valence-corrected chi connectivity index (χ0v) is 25.2.